The Bertz CT molecular complexity index is 953. The van der Waals surface area contributed by atoms with Crippen molar-refractivity contribution in [1.29, 1.82) is 0 Å². The Labute approximate surface area is 156 Å². The molecule has 0 aromatic heterocycles. The van der Waals surface area contributed by atoms with E-state index in [2.05, 4.69) is 0 Å². The average Bonchev–Trinajstić information content (AvgIpc) is 2.81. The molecular weight excluding hydrogens is 351 g/mol. The molecule has 3 rings (SSSR count). The van der Waals surface area contributed by atoms with Crippen LogP contribution in [0.25, 0.3) is 0 Å². The quantitative estimate of drug-likeness (QED) is 0.452. The number of anilines is 1. The maximum atomic E-state index is 13.4. The van der Waals surface area contributed by atoms with Crippen LogP contribution in [0.5, 0.6) is 5.75 Å². The number of hydrogen-bond acceptors (Lipinski definition) is 5. The van der Waals surface area contributed by atoms with E-state index in [4.69, 9.17) is 4.74 Å². The van der Waals surface area contributed by atoms with Crippen LogP contribution >= 0.6 is 0 Å². The molecule has 0 unspecified atom stereocenters. The first-order chi connectivity index (χ1) is 12.7. The molecule has 6 nitrogen and oxygen atoms in total. The zero-order valence-electron chi connectivity index (χ0n) is 15.2. The molecule has 0 fully saturated rings. The smallest absolute Gasteiger partial charge is 0.311 e. The molecule has 0 N–H and O–H groups in total. The second-order valence-corrected chi connectivity index (χ2v) is 6.85. The Morgan fingerprint density at radius 2 is 2.00 bits per heavy atom. The molecule has 140 valence electrons. The number of allylic oxidation sites excluding steroid dienone is 1. The molecule has 27 heavy (non-hydrogen) atoms. The van der Waals surface area contributed by atoms with E-state index in [1.807, 2.05) is 50.1 Å². The summed E-state index contributed by atoms with van der Waals surface area (Å²) in [6.45, 7) is 3.62. The number of para-hydroxylation sites is 1. The lowest BCUT2D eigenvalue weighted by Gasteiger charge is -2.23. The SMILES string of the molecule is CN1/C(=C\C(=O)COc2cc(F)ccc2[N+](=O)[O-])C(C)(C)c2ccccc21. The number of nitro groups is 1. The molecule has 0 aliphatic carbocycles. The molecule has 2 aromatic carbocycles. The average molecular weight is 370 g/mol. The summed E-state index contributed by atoms with van der Waals surface area (Å²) in [6.07, 6.45) is 1.48. The van der Waals surface area contributed by atoms with Crippen LogP contribution in [0.15, 0.2) is 54.2 Å². The molecule has 7 heteroatoms. The number of ketones is 1. The highest BCUT2D eigenvalue weighted by atomic mass is 19.1. The number of fused-ring (bicyclic) bond motifs is 1. The number of rotatable bonds is 5. The van der Waals surface area contributed by atoms with Crippen LogP contribution in [0, 0.1) is 15.9 Å². The van der Waals surface area contributed by atoms with Crippen LogP contribution < -0.4 is 9.64 Å². The van der Waals surface area contributed by atoms with Gasteiger partial charge in [-0.1, -0.05) is 32.0 Å². The first-order valence-electron chi connectivity index (χ1n) is 8.37. The van der Waals surface area contributed by atoms with E-state index >= 15 is 0 Å². The third-order valence-electron chi connectivity index (χ3n) is 4.73. The monoisotopic (exact) mass is 370 g/mol. The van der Waals surface area contributed by atoms with Gasteiger partial charge in [-0.05, 0) is 17.7 Å². The van der Waals surface area contributed by atoms with Crippen LogP contribution in [0.3, 0.4) is 0 Å². The van der Waals surface area contributed by atoms with Gasteiger partial charge in [0.25, 0.3) is 0 Å². The molecule has 1 aliphatic rings. The first kappa shape index (κ1) is 18.6. The molecule has 0 amide bonds. The summed E-state index contributed by atoms with van der Waals surface area (Å²) in [5, 5.41) is 11.0. The minimum Gasteiger partial charge on any atom is -0.478 e. The van der Waals surface area contributed by atoms with Gasteiger partial charge in [0.1, 0.15) is 5.82 Å². The Kier molecular flexibility index (Phi) is 4.70. The number of nitrogens with zero attached hydrogens (tertiary/aromatic N) is 2. The summed E-state index contributed by atoms with van der Waals surface area (Å²) >= 11 is 0. The van der Waals surface area contributed by atoms with Gasteiger partial charge in [-0.15, -0.1) is 0 Å². The molecule has 0 spiro atoms. The number of hydrogen-bond donors (Lipinski definition) is 0. The van der Waals surface area contributed by atoms with Crippen LogP contribution in [0.1, 0.15) is 19.4 Å². The van der Waals surface area contributed by atoms with Gasteiger partial charge in [0.15, 0.2) is 18.1 Å². The third-order valence-corrected chi connectivity index (χ3v) is 4.73. The molecule has 0 atom stereocenters. The zero-order valence-corrected chi connectivity index (χ0v) is 15.2. The van der Waals surface area contributed by atoms with Crippen molar-refractivity contribution >= 4 is 17.2 Å². The lowest BCUT2D eigenvalue weighted by atomic mass is 9.83. The van der Waals surface area contributed by atoms with E-state index in [1.165, 1.54) is 6.08 Å². The van der Waals surface area contributed by atoms with E-state index in [9.17, 15) is 19.3 Å². The molecular formula is C20H19FN2O4. The fourth-order valence-electron chi connectivity index (χ4n) is 3.36. The normalized spacial score (nSPS) is 16.3. The summed E-state index contributed by atoms with van der Waals surface area (Å²) in [5.74, 6) is -1.31. The first-order valence-corrected chi connectivity index (χ1v) is 8.37. The summed E-state index contributed by atoms with van der Waals surface area (Å²) in [6, 6.07) is 10.8. The van der Waals surface area contributed by atoms with Crippen LogP contribution in [-0.4, -0.2) is 24.4 Å². The number of halogens is 1. The summed E-state index contributed by atoms with van der Waals surface area (Å²) in [4.78, 5) is 24.7. The predicted molar refractivity (Wildman–Crippen MR) is 99.5 cm³/mol. The standard InChI is InChI=1S/C20H19FN2O4/c1-20(2)15-6-4-5-7-16(15)22(3)19(20)11-14(24)12-27-18-10-13(21)8-9-17(18)23(25)26/h4-11H,12H2,1-3H3/b19-11-. The minimum absolute atomic E-state index is 0.269. The minimum atomic E-state index is -0.678. The number of ether oxygens (including phenoxy) is 1. The van der Waals surface area contributed by atoms with Crippen molar-refractivity contribution in [2.75, 3.05) is 18.6 Å². The number of benzene rings is 2. The lowest BCUT2D eigenvalue weighted by Crippen LogP contribution is -2.25. The Morgan fingerprint density at radius 3 is 2.67 bits per heavy atom. The molecule has 0 saturated heterocycles. The van der Waals surface area contributed by atoms with Gasteiger partial charge in [0.2, 0.25) is 0 Å². The van der Waals surface area contributed by atoms with Gasteiger partial charge in [-0.3, -0.25) is 14.9 Å². The molecule has 0 radical (unpaired) electrons. The van der Waals surface area contributed by atoms with Crippen LogP contribution in [0.2, 0.25) is 0 Å². The summed E-state index contributed by atoms with van der Waals surface area (Å²) in [7, 11) is 1.88. The van der Waals surface area contributed by atoms with Gasteiger partial charge in [0, 0.05) is 42.1 Å². The van der Waals surface area contributed by atoms with Gasteiger partial charge in [-0.25, -0.2) is 4.39 Å². The van der Waals surface area contributed by atoms with Crippen LogP contribution in [-0.2, 0) is 10.2 Å². The number of carbonyl (C=O) groups is 1. The maximum Gasteiger partial charge on any atom is 0.311 e. The van der Waals surface area contributed by atoms with Crippen LogP contribution in [0.4, 0.5) is 15.8 Å². The predicted octanol–water partition coefficient (Wildman–Crippen LogP) is 3.99. The Morgan fingerprint density at radius 1 is 1.30 bits per heavy atom. The molecule has 0 bridgehead atoms. The van der Waals surface area contributed by atoms with E-state index in [0.29, 0.717) is 0 Å². The second-order valence-electron chi connectivity index (χ2n) is 6.85. The van der Waals surface area contributed by atoms with Gasteiger partial charge >= 0.3 is 5.69 Å². The third kappa shape index (κ3) is 3.40. The fraction of sp³-hybridized carbons (Fsp3) is 0.250. The van der Waals surface area contributed by atoms with Crippen molar-refractivity contribution < 1.29 is 18.8 Å². The largest absolute Gasteiger partial charge is 0.478 e. The van der Waals surface area contributed by atoms with E-state index in [0.717, 1.165) is 35.1 Å². The molecule has 0 saturated carbocycles. The molecule has 2 aromatic rings. The van der Waals surface area contributed by atoms with Gasteiger partial charge < -0.3 is 9.64 Å². The van der Waals surface area contributed by atoms with E-state index < -0.39 is 17.3 Å². The van der Waals surface area contributed by atoms with Crippen molar-refractivity contribution in [1.82, 2.24) is 0 Å². The fourth-order valence-corrected chi connectivity index (χ4v) is 3.36. The van der Waals surface area contributed by atoms with Gasteiger partial charge in [-0.2, -0.15) is 0 Å². The van der Waals surface area contributed by atoms with Crippen molar-refractivity contribution in [2.45, 2.75) is 19.3 Å². The highest BCUT2D eigenvalue weighted by molar-refractivity contribution is 5.93. The summed E-state index contributed by atoms with van der Waals surface area (Å²) < 4.78 is 18.6. The van der Waals surface area contributed by atoms with Crippen molar-refractivity contribution in [3.8, 4) is 5.75 Å². The number of carbonyl (C=O) groups excluding carboxylic acids is 1. The molecule has 1 heterocycles. The van der Waals surface area contributed by atoms with E-state index in [-0.39, 0.29) is 22.6 Å². The van der Waals surface area contributed by atoms with Gasteiger partial charge in [0.05, 0.1) is 4.92 Å². The number of nitro benzene ring substituents is 1. The Balaban J connectivity index is 1.81. The second kappa shape index (κ2) is 6.83. The highest BCUT2D eigenvalue weighted by Crippen LogP contribution is 2.46. The highest BCUT2D eigenvalue weighted by Gasteiger charge is 2.38. The summed E-state index contributed by atoms with van der Waals surface area (Å²) in [5.41, 5.74) is 2.16. The topological polar surface area (TPSA) is 72.7 Å². The molecule has 1 aliphatic heterocycles. The maximum absolute atomic E-state index is 13.4. The van der Waals surface area contributed by atoms with E-state index in [1.54, 1.807) is 0 Å². The zero-order chi connectivity index (χ0) is 19.8. The van der Waals surface area contributed by atoms with Crippen molar-refractivity contribution in [2.24, 2.45) is 0 Å². The lowest BCUT2D eigenvalue weighted by molar-refractivity contribution is -0.385. The van der Waals surface area contributed by atoms with Crippen molar-refractivity contribution in [3.05, 3.63) is 75.7 Å². The van der Waals surface area contributed by atoms with Crippen molar-refractivity contribution in [3.63, 3.8) is 0 Å². The number of likely N-dealkylation sites (N-methyl/N-ethyl adjacent to an activating group) is 1. The Hall–Kier alpha value is -3.22.